The summed E-state index contributed by atoms with van der Waals surface area (Å²) in [5.74, 6) is 1.71. The van der Waals surface area contributed by atoms with E-state index in [1.807, 2.05) is 13.8 Å². The Morgan fingerprint density at radius 1 is 1.21 bits per heavy atom. The molecule has 0 fully saturated rings. The number of rotatable bonds is 10. The molecule has 0 saturated carbocycles. The minimum Gasteiger partial charge on any atom is -0.396 e. The van der Waals surface area contributed by atoms with Gasteiger partial charge in [-0.05, 0) is 51.9 Å². The van der Waals surface area contributed by atoms with Crippen molar-refractivity contribution in [2.24, 2.45) is 10.4 Å². The van der Waals surface area contributed by atoms with E-state index in [-0.39, 0.29) is 12.0 Å². The first-order valence-corrected chi connectivity index (χ1v) is 9.06. The fraction of sp³-hybridized carbons (Fsp3) is 0.778. The van der Waals surface area contributed by atoms with Gasteiger partial charge in [0.1, 0.15) is 5.76 Å². The van der Waals surface area contributed by atoms with Crippen LogP contribution in [0.1, 0.15) is 57.1 Å². The van der Waals surface area contributed by atoms with Gasteiger partial charge in [-0.25, -0.2) is 0 Å². The summed E-state index contributed by atoms with van der Waals surface area (Å²) in [7, 11) is 0. The third kappa shape index (κ3) is 5.82. The molecular formula is C18H34N4O2. The minimum atomic E-state index is 0.0821. The predicted molar refractivity (Wildman–Crippen MR) is 98.4 cm³/mol. The van der Waals surface area contributed by atoms with E-state index in [0.717, 1.165) is 68.3 Å². The lowest BCUT2D eigenvalue weighted by Crippen LogP contribution is -2.39. The second-order valence-electron chi connectivity index (χ2n) is 6.36. The minimum absolute atomic E-state index is 0.0821. The number of hydrogen-bond acceptors (Lipinski definition) is 4. The van der Waals surface area contributed by atoms with Crippen LogP contribution in [0, 0.1) is 19.3 Å². The number of aromatic nitrogens is 1. The van der Waals surface area contributed by atoms with Crippen LogP contribution in [0.15, 0.2) is 9.52 Å². The molecule has 1 heterocycles. The van der Waals surface area contributed by atoms with E-state index in [0.29, 0.717) is 0 Å². The van der Waals surface area contributed by atoms with Gasteiger partial charge in [0.15, 0.2) is 5.96 Å². The van der Waals surface area contributed by atoms with Crippen LogP contribution in [-0.4, -0.2) is 42.5 Å². The third-order valence-electron chi connectivity index (χ3n) is 4.91. The number of aliphatic imine (C=N–C) groups is 1. The Balaban J connectivity index is 2.65. The highest BCUT2D eigenvalue weighted by Gasteiger charge is 2.25. The number of hydrogen-bond donors (Lipinski definition) is 3. The summed E-state index contributed by atoms with van der Waals surface area (Å²) < 4.78 is 5.20. The first-order valence-electron chi connectivity index (χ1n) is 9.06. The van der Waals surface area contributed by atoms with E-state index in [1.54, 1.807) is 0 Å². The smallest absolute Gasteiger partial charge is 0.191 e. The molecule has 0 spiro atoms. The molecule has 0 aliphatic carbocycles. The van der Waals surface area contributed by atoms with Crippen LogP contribution in [0.3, 0.4) is 0 Å². The second kappa shape index (κ2) is 10.3. The summed E-state index contributed by atoms with van der Waals surface area (Å²) >= 11 is 0. The highest BCUT2D eigenvalue weighted by Crippen LogP contribution is 2.30. The first-order chi connectivity index (χ1) is 11.5. The van der Waals surface area contributed by atoms with Gasteiger partial charge in [-0.15, -0.1) is 0 Å². The maximum Gasteiger partial charge on any atom is 0.191 e. The topological polar surface area (TPSA) is 82.7 Å². The Morgan fingerprint density at radius 2 is 1.92 bits per heavy atom. The molecule has 0 unspecified atom stereocenters. The first kappa shape index (κ1) is 20.5. The van der Waals surface area contributed by atoms with Crippen molar-refractivity contribution in [3.05, 3.63) is 17.0 Å². The van der Waals surface area contributed by atoms with Gasteiger partial charge < -0.3 is 20.3 Å². The lowest BCUT2D eigenvalue weighted by atomic mass is 9.79. The van der Waals surface area contributed by atoms with Crippen molar-refractivity contribution in [3.63, 3.8) is 0 Å². The quantitative estimate of drug-likeness (QED) is 0.451. The van der Waals surface area contributed by atoms with Gasteiger partial charge in [-0.3, -0.25) is 4.99 Å². The Labute approximate surface area is 146 Å². The Morgan fingerprint density at radius 3 is 2.42 bits per heavy atom. The van der Waals surface area contributed by atoms with Crippen LogP contribution < -0.4 is 10.6 Å². The fourth-order valence-electron chi connectivity index (χ4n) is 2.90. The van der Waals surface area contributed by atoms with Crippen molar-refractivity contribution < 1.29 is 9.63 Å². The lowest BCUT2D eigenvalue weighted by molar-refractivity contribution is 0.175. The number of aryl methyl sites for hydroxylation is 2. The Hall–Kier alpha value is -1.56. The summed E-state index contributed by atoms with van der Waals surface area (Å²) in [5, 5.41) is 20.0. The largest absolute Gasteiger partial charge is 0.396 e. The summed E-state index contributed by atoms with van der Waals surface area (Å²) in [5.41, 5.74) is 2.20. The van der Waals surface area contributed by atoms with Gasteiger partial charge in [0.2, 0.25) is 0 Å². The van der Waals surface area contributed by atoms with Gasteiger partial charge in [0.25, 0.3) is 0 Å². The summed E-state index contributed by atoms with van der Waals surface area (Å²) in [6, 6.07) is 0. The van der Waals surface area contributed by atoms with Gasteiger partial charge in [-0.1, -0.05) is 19.0 Å². The van der Waals surface area contributed by atoms with Crippen molar-refractivity contribution in [1.82, 2.24) is 15.8 Å². The molecule has 138 valence electrons. The zero-order valence-corrected chi connectivity index (χ0v) is 15.9. The summed E-state index contributed by atoms with van der Waals surface area (Å²) in [6.07, 6.45) is 3.69. The molecule has 0 bridgehead atoms. The highest BCUT2D eigenvalue weighted by atomic mass is 16.5. The van der Waals surface area contributed by atoms with Crippen molar-refractivity contribution in [2.45, 2.75) is 60.3 Å². The molecule has 24 heavy (non-hydrogen) atoms. The second-order valence-corrected chi connectivity index (χ2v) is 6.36. The van der Waals surface area contributed by atoms with E-state index in [9.17, 15) is 5.11 Å². The molecular weight excluding hydrogens is 304 g/mol. The Bertz CT molecular complexity index is 488. The molecule has 6 heteroatoms. The summed E-state index contributed by atoms with van der Waals surface area (Å²) in [6.45, 7) is 12.9. The standard InChI is InChI=1S/C18H34N4O2/c1-6-18(7-2,10-12-23)13-21-17(19-8-3)20-11-9-16-14(4)22-24-15(16)5/h23H,6-13H2,1-5H3,(H2,19,20,21). The normalized spacial score (nSPS) is 12.5. The van der Waals surface area contributed by atoms with Crippen molar-refractivity contribution in [1.29, 1.82) is 0 Å². The zero-order chi connectivity index (χ0) is 18.0. The van der Waals surface area contributed by atoms with Crippen LogP contribution in [0.4, 0.5) is 0 Å². The molecule has 6 nitrogen and oxygen atoms in total. The predicted octanol–water partition coefficient (Wildman–Crippen LogP) is 2.58. The van der Waals surface area contributed by atoms with Crippen LogP contribution in [0.2, 0.25) is 0 Å². The van der Waals surface area contributed by atoms with Gasteiger partial charge in [0, 0.05) is 31.8 Å². The lowest BCUT2D eigenvalue weighted by Gasteiger charge is -2.29. The van der Waals surface area contributed by atoms with E-state index in [4.69, 9.17) is 9.52 Å². The molecule has 1 rings (SSSR count). The van der Waals surface area contributed by atoms with E-state index < -0.39 is 0 Å². The highest BCUT2D eigenvalue weighted by molar-refractivity contribution is 5.79. The molecule has 1 aromatic heterocycles. The van der Waals surface area contributed by atoms with Gasteiger partial charge in [-0.2, -0.15) is 0 Å². The molecule has 1 aromatic rings. The molecule has 0 radical (unpaired) electrons. The summed E-state index contributed by atoms with van der Waals surface area (Å²) in [4.78, 5) is 4.75. The zero-order valence-electron chi connectivity index (χ0n) is 15.9. The maximum absolute atomic E-state index is 9.34. The number of guanidine groups is 1. The molecule has 0 aromatic carbocycles. The molecule has 0 saturated heterocycles. The van der Waals surface area contributed by atoms with E-state index >= 15 is 0 Å². The van der Waals surface area contributed by atoms with Crippen molar-refractivity contribution in [3.8, 4) is 0 Å². The maximum atomic E-state index is 9.34. The van der Waals surface area contributed by atoms with Crippen molar-refractivity contribution >= 4 is 5.96 Å². The molecule has 3 N–H and O–H groups in total. The molecule has 0 aliphatic heterocycles. The number of aliphatic hydroxyl groups excluding tert-OH is 1. The van der Waals surface area contributed by atoms with Crippen LogP contribution in [0.25, 0.3) is 0 Å². The Kier molecular flexibility index (Phi) is 8.82. The number of aliphatic hydroxyl groups is 1. The van der Waals surface area contributed by atoms with Crippen LogP contribution >= 0.6 is 0 Å². The molecule has 0 amide bonds. The number of nitrogens with zero attached hydrogens (tertiary/aromatic N) is 2. The van der Waals surface area contributed by atoms with Gasteiger partial charge >= 0.3 is 0 Å². The van der Waals surface area contributed by atoms with Crippen molar-refractivity contribution in [2.75, 3.05) is 26.2 Å². The van der Waals surface area contributed by atoms with Gasteiger partial charge in [0.05, 0.1) is 5.69 Å². The SMILES string of the molecule is CCNC(=NCC(CC)(CC)CCO)NCCc1c(C)noc1C. The van der Waals surface area contributed by atoms with Crippen LogP contribution in [0.5, 0.6) is 0 Å². The average molecular weight is 338 g/mol. The van der Waals surface area contributed by atoms with E-state index in [2.05, 4.69) is 36.6 Å². The fourth-order valence-corrected chi connectivity index (χ4v) is 2.90. The number of nitrogens with one attached hydrogen (secondary N) is 2. The van der Waals surface area contributed by atoms with E-state index in [1.165, 1.54) is 0 Å². The third-order valence-corrected chi connectivity index (χ3v) is 4.91. The molecule has 0 atom stereocenters. The molecule has 0 aliphatic rings. The van der Waals surface area contributed by atoms with Crippen LogP contribution in [-0.2, 0) is 6.42 Å². The monoisotopic (exact) mass is 338 g/mol. The average Bonchev–Trinajstić information content (AvgIpc) is 2.90.